The molecule has 2 rings (SSSR count). The van der Waals surface area contributed by atoms with E-state index in [1.807, 2.05) is 12.1 Å². The number of rotatable bonds is 3. The summed E-state index contributed by atoms with van der Waals surface area (Å²) in [5.41, 5.74) is 3.17. The Balaban J connectivity index is 2.50. The van der Waals surface area contributed by atoms with Gasteiger partial charge < -0.3 is 8.85 Å². The summed E-state index contributed by atoms with van der Waals surface area (Å²) >= 11 is 0. The Bertz CT molecular complexity index is 485. The van der Waals surface area contributed by atoms with Crippen molar-refractivity contribution < 1.29 is 8.85 Å². The smallest absolute Gasteiger partial charge is 0.341 e. The van der Waals surface area contributed by atoms with Crippen LogP contribution in [0, 0.1) is 6.92 Å². The highest BCUT2D eigenvalue weighted by molar-refractivity contribution is 6.91. The zero-order valence-electron chi connectivity index (χ0n) is 12.0. The Labute approximate surface area is 120 Å². The van der Waals surface area contributed by atoms with Gasteiger partial charge in [-0.05, 0) is 50.1 Å². The summed E-state index contributed by atoms with van der Waals surface area (Å²) in [6.07, 6.45) is 2.31. The molecule has 0 aliphatic carbocycles. The number of hydrogen-bond donors (Lipinski definition) is 0. The van der Waals surface area contributed by atoms with E-state index in [4.69, 9.17) is 8.85 Å². The average Bonchev–Trinajstić information content (AvgIpc) is 2.37. The molecule has 0 aromatic heterocycles. The Morgan fingerprint density at radius 1 is 1.47 bits per heavy atom. The van der Waals surface area contributed by atoms with Gasteiger partial charge in [0.25, 0.3) is 0 Å². The predicted molar refractivity (Wildman–Crippen MR) is 82.4 cm³/mol. The summed E-state index contributed by atoms with van der Waals surface area (Å²) < 4.78 is 11.8. The monoisotopic (exact) mass is 289 g/mol. The fourth-order valence-electron chi connectivity index (χ4n) is 3.00. The summed E-state index contributed by atoms with van der Waals surface area (Å²) in [6.45, 7) is 10.5. The first kappa shape index (κ1) is 14.6. The zero-order valence-corrected chi connectivity index (χ0v) is 14.0. The van der Waals surface area contributed by atoms with E-state index in [1.165, 1.54) is 11.6 Å². The molecule has 3 radical (unpaired) electrons. The van der Waals surface area contributed by atoms with E-state index in [2.05, 4.69) is 49.6 Å². The van der Waals surface area contributed by atoms with Gasteiger partial charge in [0.1, 0.15) is 5.75 Å². The van der Waals surface area contributed by atoms with E-state index in [1.54, 1.807) is 0 Å². The van der Waals surface area contributed by atoms with E-state index in [0.717, 1.165) is 23.8 Å². The minimum absolute atomic E-state index is 0.0596. The van der Waals surface area contributed by atoms with Gasteiger partial charge in [-0.1, -0.05) is 24.3 Å². The van der Waals surface area contributed by atoms with E-state index in [-0.39, 0.29) is 5.60 Å². The van der Waals surface area contributed by atoms with Gasteiger partial charge in [0.2, 0.25) is 8.32 Å². The highest BCUT2D eigenvalue weighted by atomic mass is 28.4. The largest absolute Gasteiger partial charge is 0.540 e. The molecule has 1 aliphatic heterocycles. The summed E-state index contributed by atoms with van der Waals surface area (Å²) in [5, 5.41) is 1.28. The van der Waals surface area contributed by atoms with Gasteiger partial charge in [-0.15, -0.1) is 6.58 Å². The molecule has 0 amide bonds. The molecule has 0 N–H and O–H groups in total. The molecule has 1 atom stereocenters. The molecule has 4 heteroatoms. The normalized spacial score (nSPS) is 25.9. The van der Waals surface area contributed by atoms with Crippen LogP contribution in [0.2, 0.25) is 6.04 Å². The summed E-state index contributed by atoms with van der Waals surface area (Å²) in [6, 6.07) is 7.26. The molecular formula is C15H21O2Si2. The molecule has 1 saturated heterocycles. The van der Waals surface area contributed by atoms with Crippen LogP contribution >= 0.6 is 0 Å². The van der Waals surface area contributed by atoms with E-state index < -0.39 is 8.32 Å². The first-order chi connectivity index (χ1) is 8.94. The van der Waals surface area contributed by atoms with Gasteiger partial charge in [-0.3, -0.25) is 0 Å². The first-order valence-electron chi connectivity index (χ1n) is 6.71. The van der Waals surface area contributed by atoms with Crippen molar-refractivity contribution in [2.45, 2.75) is 45.3 Å². The third kappa shape index (κ3) is 2.71. The van der Waals surface area contributed by atoms with Crippen molar-refractivity contribution in [1.29, 1.82) is 0 Å². The maximum absolute atomic E-state index is 6.53. The maximum Gasteiger partial charge on any atom is 0.341 e. The van der Waals surface area contributed by atoms with E-state index in [0.29, 0.717) is 0 Å². The highest BCUT2D eigenvalue weighted by Crippen LogP contribution is 2.34. The summed E-state index contributed by atoms with van der Waals surface area (Å²) in [4.78, 5) is 0. The summed E-state index contributed by atoms with van der Waals surface area (Å²) in [5.74, 6) is 0.856. The van der Waals surface area contributed by atoms with Crippen molar-refractivity contribution in [3.05, 3.63) is 36.0 Å². The molecule has 19 heavy (non-hydrogen) atoms. The molecule has 1 aromatic rings. The molecule has 2 nitrogen and oxygen atoms in total. The fraction of sp³-hybridized carbons (Fsp3) is 0.467. The van der Waals surface area contributed by atoms with E-state index in [9.17, 15) is 0 Å². The third-order valence-corrected chi connectivity index (χ3v) is 8.31. The van der Waals surface area contributed by atoms with Crippen molar-refractivity contribution in [2.24, 2.45) is 0 Å². The van der Waals surface area contributed by atoms with Gasteiger partial charge in [0.15, 0.2) is 0 Å². The van der Waals surface area contributed by atoms with Crippen LogP contribution < -0.4 is 9.61 Å². The van der Waals surface area contributed by atoms with Crippen LogP contribution in [-0.2, 0) is 4.43 Å². The van der Waals surface area contributed by atoms with Crippen molar-refractivity contribution in [2.75, 3.05) is 0 Å². The van der Waals surface area contributed by atoms with Gasteiger partial charge in [0.05, 0.1) is 5.60 Å². The zero-order chi connectivity index (χ0) is 14.1. The lowest BCUT2D eigenvalue weighted by Gasteiger charge is -2.43. The molecule has 1 unspecified atom stereocenters. The molecule has 0 saturated carbocycles. The van der Waals surface area contributed by atoms with Crippen molar-refractivity contribution in [1.82, 2.24) is 0 Å². The molecular weight excluding hydrogens is 268 g/mol. The lowest BCUT2D eigenvalue weighted by atomic mass is 10.0. The van der Waals surface area contributed by atoms with E-state index >= 15 is 0 Å². The highest BCUT2D eigenvalue weighted by Gasteiger charge is 2.43. The predicted octanol–water partition coefficient (Wildman–Crippen LogP) is 2.92. The standard InChI is InChI=1S/C15H21O2Si2/c1-5-19(11-7-10-15(3,4)17-19)14-9-6-8-13(16-18)12(14)2/h5-6,8-9H,1,7,10-11H2,2-4H3. The average molecular weight is 290 g/mol. The van der Waals surface area contributed by atoms with Gasteiger partial charge in [-0.25, -0.2) is 0 Å². The van der Waals surface area contributed by atoms with Gasteiger partial charge >= 0.3 is 10.5 Å². The van der Waals surface area contributed by atoms with Gasteiger partial charge in [0, 0.05) is 0 Å². The first-order valence-corrected chi connectivity index (χ1v) is 9.32. The lowest BCUT2D eigenvalue weighted by Crippen LogP contribution is -2.57. The van der Waals surface area contributed by atoms with Crippen LogP contribution in [-0.4, -0.2) is 24.4 Å². The van der Waals surface area contributed by atoms with Gasteiger partial charge in [-0.2, -0.15) is 0 Å². The topological polar surface area (TPSA) is 18.5 Å². The SMILES string of the molecule is C=C[Si]1(c2cccc(O[Si])c2C)CCCC(C)(C)O1. The molecule has 101 valence electrons. The van der Waals surface area contributed by atoms with Crippen molar-refractivity contribution in [3.8, 4) is 5.75 Å². The Kier molecular flexibility index (Phi) is 4.04. The van der Waals surface area contributed by atoms with Crippen LogP contribution in [0.5, 0.6) is 5.75 Å². The molecule has 1 aliphatic rings. The minimum atomic E-state index is -2.10. The Hall–Kier alpha value is -0.846. The van der Waals surface area contributed by atoms with Crippen LogP contribution in [0.15, 0.2) is 30.5 Å². The lowest BCUT2D eigenvalue weighted by molar-refractivity contribution is 0.0768. The second-order valence-corrected chi connectivity index (χ2v) is 9.47. The second-order valence-electron chi connectivity index (χ2n) is 5.84. The molecule has 1 heterocycles. The maximum atomic E-state index is 6.53. The Morgan fingerprint density at radius 2 is 2.21 bits per heavy atom. The van der Waals surface area contributed by atoms with Crippen LogP contribution in [0.1, 0.15) is 32.3 Å². The van der Waals surface area contributed by atoms with Crippen molar-refractivity contribution in [3.63, 3.8) is 0 Å². The number of benzene rings is 1. The molecule has 0 bridgehead atoms. The van der Waals surface area contributed by atoms with Crippen LogP contribution in [0.25, 0.3) is 0 Å². The molecule has 1 aromatic carbocycles. The summed E-state index contributed by atoms with van der Waals surface area (Å²) in [7, 11) is 1.03. The quantitative estimate of drug-likeness (QED) is 0.797. The number of hydrogen-bond acceptors (Lipinski definition) is 2. The second kappa shape index (κ2) is 5.27. The fourth-order valence-corrected chi connectivity index (χ4v) is 7.13. The van der Waals surface area contributed by atoms with Crippen molar-refractivity contribution >= 4 is 24.0 Å². The van der Waals surface area contributed by atoms with Crippen LogP contribution in [0.3, 0.4) is 0 Å². The van der Waals surface area contributed by atoms with Crippen LogP contribution in [0.4, 0.5) is 0 Å². The third-order valence-electron chi connectivity index (χ3n) is 3.97. The molecule has 1 fully saturated rings. The molecule has 0 spiro atoms. The minimum Gasteiger partial charge on any atom is -0.540 e. The Morgan fingerprint density at radius 3 is 2.79 bits per heavy atom.